The number of pyridine rings is 2. The number of rotatable bonds is 20. The third-order valence-electron chi connectivity index (χ3n) is 12.4. The summed E-state index contributed by atoms with van der Waals surface area (Å²) in [7, 11) is 1.64. The lowest BCUT2D eigenvalue weighted by Crippen LogP contribution is -2.27. The minimum Gasteiger partial charge on any atom is -0.494 e. The van der Waals surface area contributed by atoms with E-state index in [0.29, 0.717) is 80.3 Å². The van der Waals surface area contributed by atoms with Gasteiger partial charge in [0.15, 0.2) is 43.0 Å². The Morgan fingerprint density at radius 3 is 1.09 bits per heavy atom. The third-order valence-corrected chi connectivity index (χ3v) is 16.8. The molecule has 2 aromatic carbocycles. The summed E-state index contributed by atoms with van der Waals surface area (Å²) in [5.41, 5.74) is 3.37. The average Bonchev–Trinajstić information content (AvgIpc) is 4.05. The minimum atomic E-state index is -3.73. The van der Waals surface area contributed by atoms with Gasteiger partial charge in [-0.05, 0) is 62.4 Å². The van der Waals surface area contributed by atoms with Gasteiger partial charge in [0.25, 0.3) is 0 Å². The molecule has 24 heteroatoms. The van der Waals surface area contributed by atoms with Crippen LogP contribution in [-0.2, 0) is 31.2 Å². The van der Waals surface area contributed by atoms with Crippen LogP contribution in [0.4, 0.5) is 0 Å². The van der Waals surface area contributed by atoms with Gasteiger partial charge in [-0.3, -0.25) is 29.1 Å². The predicted octanol–water partition coefficient (Wildman–Crippen LogP) is 6.50. The summed E-state index contributed by atoms with van der Waals surface area (Å²) in [5.74, 6) is 2.20. The fourth-order valence-corrected chi connectivity index (χ4v) is 11.0. The fourth-order valence-electron chi connectivity index (χ4n) is 7.82. The molecular formula is C50H56N12O10S2. The summed E-state index contributed by atoms with van der Waals surface area (Å²) < 4.78 is 90.4. The molecule has 0 aliphatic heterocycles. The summed E-state index contributed by atoms with van der Waals surface area (Å²) in [4.78, 5) is 25.3. The molecule has 4 atom stereocenters. The Balaban J connectivity index is 0.000000216. The molecule has 0 radical (unpaired) electrons. The van der Waals surface area contributed by atoms with E-state index in [2.05, 4.69) is 50.3 Å². The fraction of sp³-hybridized carbons (Fsp3) is 0.320. The highest BCUT2D eigenvalue weighted by atomic mass is 32.2. The van der Waals surface area contributed by atoms with Gasteiger partial charge in [-0.15, -0.1) is 20.4 Å². The molecule has 0 N–H and O–H groups in total. The van der Waals surface area contributed by atoms with Gasteiger partial charge < -0.3 is 28.4 Å². The van der Waals surface area contributed by atoms with Crippen molar-refractivity contribution in [2.24, 2.45) is 0 Å². The second kappa shape index (κ2) is 23.6. The van der Waals surface area contributed by atoms with E-state index in [1.165, 1.54) is 67.4 Å². The molecule has 8 rings (SSSR count). The first kappa shape index (κ1) is 53.7. The van der Waals surface area contributed by atoms with Gasteiger partial charge in [-0.2, -0.15) is 0 Å². The molecule has 6 aromatic heterocycles. The first-order chi connectivity index (χ1) is 35.6. The van der Waals surface area contributed by atoms with Crippen molar-refractivity contribution < 1.29 is 45.3 Å². The highest BCUT2D eigenvalue weighted by molar-refractivity contribution is 7.91. The van der Waals surface area contributed by atoms with Gasteiger partial charge in [-0.1, -0.05) is 26.0 Å². The van der Waals surface area contributed by atoms with Crippen molar-refractivity contribution in [3.05, 3.63) is 133 Å². The molecule has 0 amide bonds. The van der Waals surface area contributed by atoms with Crippen LogP contribution in [0.3, 0.4) is 0 Å². The molecule has 0 unspecified atom stereocenters. The summed E-state index contributed by atoms with van der Waals surface area (Å²) >= 11 is 0. The van der Waals surface area contributed by atoms with E-state index in [9.17, 15) is 16.8 Å². The summed E-state index contributed by atoms with van der Waals surface area (Å²) in [6.45, 7) is 6.90. The van der Waals surface area contributed by atoms with Gasteiger partial charge in [0, 0.05) is 47.8 Å². The van der Waals surface area contributed by atoms with E-state index in [1.807, 2.05) is 12.1 Å². The van der Waals surface area contributed by atoms with E-state index in [-0.39, 0.29) is 23.2 Å². The molecule has 0 saturated heterocycles. The Bertz CT molecular complexity index is 3100. The van der Waals surface area contributed by atoms with E-state index in [1.54, 1.807) is 110 Å². The van der Waals surface area contributed by atoms with Gasteiger partial charge in [0.05, 0.1) is 89.3 Å². The number of hydrogen-bond acceptors (Lipinski definition) is 20. The van der Waals surface area contributed by atoms with E-state index in [4.69, 9.17) is 28.4 Å². The number of para-hydroxylation sites is 2. The molecule has 0 saturated carbocycles. The van der Waals surface area contributed by atoms with Gasteiger partial charge in [0.1, 0.15) is 45.9 Å². The normalized spacial score (nSPS) is 13.1. The van der Waals surface area contributed by atoms with Crippen molar-refractivity contribution >= 4 is 19.7 Å². The number of methoxy groups -OCH3 is 6. The highest BCUT2D eigenvalue weighted by Crippen LogP contribution is 2.39. The summed E-state index contributed by atoms with van der Waals surface area (Å²) in [5, 5.41) is 15.7. The number of sulfone groups is 2. The average molecular weight is 1050 g/mol. The number of hydrogen-bond donors (Lipinski definition) is 0. The quantitative estimate of drug-likeness (QED) is 0.0788. The number of benzene rings is 2. The zero-order valence-electron chi connectivity index (χ0n) is 42.4. The monoisotopic (exact) mass is 1050 g/mol. The van der Waals surface area contributed by atoms with Crippen LogP contribution in [0.2, 0.25) is 0 Å². The van der Waals surface area contributed by atoms with Crippen LogP contribution in [0, 0.1) is 0 Å². The standard InChI is InChI=1S/2C25H28N6O5S/c2*1-16(19-13-28-23(36-5)14-27-19)17(2)37(32,33)15-22-29-30-25(18-8-7-11-26-12-18)31(22)24-20(34-3)9-6-10-21(24)35-4/h2*6-14,16-17H,15H2,1-5H3/t2*16-,17-/m10/s1. The maximum atomic E-state index is 13.6. The molecular weight excluding hydrogens is 993 g/mol. The van der Waals surface area contributed by atoms with E-state index in [0.717, 1.165) is 0 Å². The van der Waals surface area contributed by atoms with Crippen molar-refractivity contribution in [2.75, 3.05) is 42.7 Å². The first-order valence-corrected chi connectivity index (χ1v) is 26.3. The largest absolute Gasteiger partial charge is 0.494 e. The maximum Gasteiger partial charge on any atom is 0.231 e. The van der Waals surface area contributed by atoms with Gasteiger partial charge in [0.2, 0.25) is 11.8 Å². The smallest absolute Gasteiger partial charge is 0.231 e. The zero-order valence-corrected chi connectivity index (χ0v) is 44.0. The second-order valence-corrected chi connectivity index (χ2v) is 21.3. The molecule has 0 bridgehead atoms. The van der Waals surface area contributed by atoms with Gasteiger partial charge in [-0.25, -0.2) is 26.8 Å². The van der Waals surface area contributed by atoms with Gasteiger partial charge >= 0.3 is 0 Å². The molecule has 8 aromatic rings. The summed E-state index contributed by atoms with van der Waals surface area (Å²) in [6, 6.07) is 17.8. The zero-order chi connectivity index (χ0) is 53.2. The molecule has 0 spiro atoms. The molecule has 0 aliphatic carbocycles. The molecule has 6 heterocycles. The second-order valence-electron chi connectivity index (χ2n) is 16.6. The Labute approximate surface area is 429 Å². The van der Waals surface area contributed by atoms with E-state index < -0.39 is 42.0 Å². The third kappa shape index (κ3) is 11.5. The molecule has 0 fully saturated rings. The molecule has 0 aliphatic rings. The van der Waals surface area contributed by atoms with Crippen molar-refractivity contribution in [3.8, 4) is 68.9 Å². The topological polar surface area (TPSA) is 262 Å². The Morgan fingerprint density at radius 1 is 0.446 bits per heavy atom. The van der Waals surface area contributed by atoms with Crippen molar-refractivity contribution in [1.82, 2.24) is 59.4 Å². The molecule has 388 valence electrons. The minimum absolute atomic E-state index is 0.210. The van der Waals surface area contributed by atoms with Crippen LogP contribution in [-0.4, -0.2) is 129 Å². The van der Waals surface area contributed by atoms with Crippen LogP contribution < -0.4 is 28.4 Å². The highest BCUT2D eigenvalue weighted by Gasteiger charge is 2.34. The number of nitrogens with zero attached hydrogens (tertiary/aromatic N) is 12. The van der Waals surface area contributed by atoms with Crippen molar-refractivity contribution in [1.29, 1.82) is 0 Å². The van der Waals surface area contributed by atoms with Crippen molar-refractivity contribution in [2.45, 2.75) is 61.5 Å². The predicted molar refractivity (Wildman–Crippen MR) is 274 cm³/mol. The maximum absolute atomic E-state index is 13.6. The number of aromatic nitrogens is 12. The summed E-state index contributed by atoms with van der Waals surface area (Å²) in [6.07, 6.45) is 12.5. The van der Waals surface area contributed by atoms with Crippen LogP contribution in [0.5, 0.6) is 34.8 Å². The Morgan fingerprint density at radius 2 is 0.811 bits per heavy atom. The lowest BCUT2D eigenvalue weighted by Gasteiger charge is -2.21. The van der Waals surface area contributed by atoms with Crippen LogP contribution >= 0.6 is 0 Å². The SMILES string of the molecule is COc1cnc([C@@H](C)[C@H](C)S(=O)(=O)Cc2nnc(-c3cccnc3)n2-c2c(OC)cccc2OC)cn1.COc1cnc([C@H](C)[C@@H](C)S(=O)(=O)Cc2nnc(-c3cccnc3)n2-c2c(OC)cccc2OC)cn1. The molecule has 74 heavy (non-hydrogen) atoms. The Kier molecular flexibility index (Phi) is 17.1. The van der Waals surface area contributed by atoms with Crippen molar-refractivity contribution in [3.63, 3.8) is 0 Å². The number of ether oxygens (including phenoxy) is 6. The van der Waals surface area contributed by atoms with Crippen LogP contribution in [0.15, 0.2) is 110 Å². The van der Waals surface area contributed by atoms with E-state index >= 15 is 0 Å². The first-order valence-electron chi connectivity index (χ1n) is 22.9. The molecule has 22 nitrogen and oxygen atoms in total. The lowest BCUT2D eigenvalue weighted by molar-refractivity contribution is 0.390. The Hall–Kier alpha value is -8.12. The van der Waals surface area contributed by atoms with Crippen LogP contribution in [0.1, 0.15) is 62.6 Å². The van der Waals surface area contributed by atoms with Crippen LogP contribution in [0.25, 0.3) is 34.2 Å². The lowest BCUT2D eigenvalue weighted by atomic mass is 10.1.